The van der Waals surface area contributed by atoms with E-state index in [-0.39, 0.29) is 17.7 Å². The van der Waals surface area contributed by atoms with Gasteiger partial charge < -0.3 is 15.9 Å². The fourth-order valence-corrected chi connectivity index (χ4v) is 1.36. The number of pyridine rings is 1. The van der Waals surface area contributed by atoms with E-state index in [1.54, 1.807) is 0 Å². The second-order valence-corrected chi connectivity index (χ2v) is 3.06. The predicted octanol–water partition coefficient (Wildman–Crippen LogP) is 0.811. The molecule has 7 heteroatoms. The Morgan fingerprint density at radius 2 is 2.12 bits per heavy atom. The Labute approximate surface area is 89.5 Å². The molecule has 1 aromatic heterocycles. The Bertz CT molecular complexity index is 410. The van der Waals surface area contributed by atoms with E-state index >= 15 is 0 Å². The first kappa shape index (κ1) is 12.3. The van der Waals surface area contributed by atoms with Gasteiger partial charge in [0.15, 0.2) is 0 Å². The third-order valence-corrected chi connectivity index (χ3v) is 2.05. The van der Waals surface area contributed by atoms with Gasteiger partial charge in [-0.15, -0.1) is 0 Å². The second-order valence-electron chi connectivity index (χ2n) is 3.06. The van der Waals surface area contributed by atoms with Crippen LogP contribution in [0.4, 0.5) is 8.78 Å². The van der Waals surface area contributed by atoms with Gasteiger partial charge in [0, 0.05) is 17.7 Å². The minimum atomic E-state index is -2.85. The number of aromatic nitrogens is 1. The van der Waals surface area contributed by atoms with Crippen LogP contribution in [0.1, 0.15) is 23.2 Å². The molecule has 0 unspecified atom stereocenters. The molecule has 0 aliphatic heterocycles. The molecule has 0 aromatic carbocycles. The molecule has 0 atom stereocenters. The molecule has 4 N–H and O–H groups in total. The van der Waals surface area contributed by atoms with E-state index in [0.29, 0.717) is 0 Å². The maximum absolute atomic E-state index is 12.5. The summed E-state index contributed by atoms with van der Waals surface area (Å²) in [6, 6.07) is 0. The van der Waals surface area contributed by atoms with E-state index in [2.05, 4.69) is 4.98 Å². The molecule has 0 saturated carbocycles. The summed E-state index contributed by atoms with van der Waals surface area (Å²) in [5.41, 5.74) is 4.45. The number of halogens is 2. The standard InChI is InChI=1S/C9H10F2N2O3/c10-9(11)8-5(2-12)4(1-7(15)16)6(14)3-13-8/h3,9,14H,1-2,12H2,(H,15,16). The maximum atomic E-state index is 12.5. The molecular formula is C9H10F2N2O3. The number of aliphatic carboxylic acids is 1. The quantitative estimate of drug-likeness (QED) is 0.713. The molecule has 0 spiro atoms. The second kappa shape index (κ2) is 4.84. The van der Waals surface area contributed by atoms with Gasteiger partial charge in [-0.1, -0.05) is 0 Å². The van der Waals surface area contributed by atoms with Crippen LogP contribution in [-0.4, -0.2) is 21.2 Å². The molecule has 0 aliphatic rings. The van der Waals surface area contributed by atoms with Crippen molar-refractivity contribution in [3.63, 3.8) is 0 Å². The van der Waals surface area contributed by atoms with Crippen molar-refractivity contribution in [2.45, 2.75) is 19.4 Å². The molecule has 0 amide bonds. The summed E-state index contributed by atoms with van der Waals surface area (Å²) in [5, 5.41) is 17.9. The van der Waals surface area contributed by atoms with Crippen LogP contribution in [0.5, 0.6) is 5.75 Å². The average Bonchev–Trinajstić information content (AvgIpc) is 2.19. The van der Waals surface area contributed by atoms with Gasteiger partial charge in [-0.3, -0.25) is 9.78 Å². The molecule has 0 radical (unpaired) electrons. The number of nitrogens with zero attached hydrogens (tertiary/aromatic N) is 1. The van der Waals surface area contributed by atoms with Crippen molar-refractivity contribution in [2.24, 2.45) is 5.73 Å². The summed E-state index contributed by atoms with van der Waals surface area (Å²) in [7, 11) is 0. The summed E-state index contributed by atoms with van der Waals surface area (Å²) in [5.74, 6) is -1.68. The van der Waals surface area contributed by atoms with E-state index in [9.17, 15) is 18.7 Å². The molecule has 1 rings (SSSR count). The molecular weight excluding hydrogens is 222 g/mol. The van der Waals surface area contributed by atoms with Gasteiger partial charge in [-0.25, -0.2) is 8.78 Å². The van der Waals surface area contributed by atoms with E-state index in [0.717, 1.165) is 6.20 Å². The number of aromatic hydroxyl groups is 1. The normalized spacial score (nSPS) is 10.8. The molecule has 5 nitrogen and oxygen atoms in total. The lowest BCUT2D eigenvalue weighted by Crippen LogP contribution is -2.12. The monoisotopic (exact) mass is 232 g/mol. The van der Waals surface area contributed by atoms with Crippen LogP contribution in [0.25, 0.3) is 0 Å². The number of carboxylic acid groups (broad SMARTS) is 1. The summed E-state index contributed by atoms with van der Waals surface area (Å²) in [6.45, 7) is -0.302. The van der Waals surface area contributed by atoms with Crippen molar-refractivity contribution < 1.29 is 23.8 Å². The maximum Gasteiger partial charge on any atom is 0.307 e. The smallest absolute Gasteiger partial charge is 0.307 e. The Hall–Kier alpha value is -1.76. The minimum Gasteiger partial charge on any atom is -0.506 e. The van der Waals surface area contributed by atoms with Crippen LogP contribution in [0.15, 0.2) is 6.20 Å². The number of nitrogens with two attached hydrogens (primary N) is 1. The molecule has 88 valence electrons. The van der Waals surface area contributed by atoms with Crippen LogP contribution >= 0.6 is 0 Å². The lowest BCUT2D eigenvalue weighted by Gasteiger charge is -2.12. The molecule has 0 aliphatic carbocycles. The third kappa shape index (κ3) is 2.43. The molecule has 0 bridgehead atoms. The lowest BCUT2D eigenvalue weighted by atomic mass is 10.0. The Morgan fingerprint density at radius 1 is 1.50 bits per heavy atom. The van der Waals surface area contributed by atoms with Crippen molar-refractivity contribution >= 4 is 5.97 Å². The number of carbonyl (C=O) groups is 1. The molecule has 1 heterocycles. The number of rotatable bonds is 4. The fraction of sp³-hybridized carbons (Fsp3) is 0.333. The van der Waals surface area contributed by atoms with E-state index in [1.807, 2.05) is 0 Å². The highest BCUT2D eigenvalue weighted by molar-refractivity contribution is 5.72. The topological polar surface area (TPSA) is 96.4 Å². The first-order valence-corrected chi connectivity index (χ1v) is 4.37. The summed E-state index contributed by atoms with van der Waals surface area (Å²) in [6.07, 6.45) is -2.62. The number of alkyl halides is 2. The van der Waals surface area contributed by atoms with Gasteiger partial charge in [0.05, 0.1) is 12.6 Å². The Balaban J connectivity index is 3.32. The minimum absolute atomic E-state index is 0.111. The Morgan fingerprint density at radius 3 is 2.56 bits per heavy atom. The van der Waals surface area contributed by atoms with Gasteiger partial charge in [-0.05, 0) is 0 Å². The van der Waals surface area contributed by atoms with Gasteiger partial charge in [-0.2, -0.15) is 0 Å². The van der Waals surface area contributed by atoms with Gasteiger partial charge in [0.1, 0.15) is 11.4 Å². The fourth-order valence-electron chi connectivity index (χ4n) is 1.36. The molecule has 16 heavy (non-hydrogen) atoms. The highest BCUT2D eigenvalue weighted by atomic mass is 19.3. The van der Waals surface area contributed by atoms with Gasteiger partial charge in [0.25, 0.3) is 6.43 Å². The predicted molar refractivity (Wildman–Crippen MR) is 50.1 cm³/mol. The van der Waals surface area contributed by atoms with Crippen molar-refractivity contribution in [1.82, 2.24) is 4.98 Å². The van der Waals surface area contributed by atoms with Gasteiger partial charge >= 0.3 is 5.97 Å². The number of carboxylic acids is 1. The third-order valence-electron chi connectivity index (χ3n) is 2.05. The highest BCUT2D eigenvalue weighted by Gasteiger charge is 2.21. The average molecular weight is 232 g/mol. The highest BCUT2D eigenvalue weighted by Crippen LogP contribution is 2.28. The Kier molecular flexibility index (Phi) is 3.73. The SMILES string of the molecule is NCc1c(C(F)F)ncc(O)c1CC(=O)O. The first-order chi connectivity index (χ1) is 7.47. The summed E-state index contributed by atoms with van der Waals surface area (Å²) in [4.78, 5) is 13.9. The van der Waals surface area contributed by atoms with Crippen LogP contribution < -0.4 is 5.73 Å². The summed E-state index contributed by atoms with van der Waals surface area (Å²) >= 11 is 0. The number of hydrogen-bond acceptors (Lipinski definition) is 4. The van der Waals surface area contributed by atoms with E-state index < -0.39 is 30.3 Å². The van der Waals surface area contributed by atoms with Crippen LogP contribution in [0.3, 0.4) is 0 Å². The van der Waals surface area contributed by atoms with Crippen LogP contribution in [-0.2, 0) is 17.8 Å². The van der Waals surface area contributed by atoms with E-state index in [1.165, 1.54) is 0 Å². The van der Waals surface area contributed by atoms with Gasteiger partial charge in [0.2, 0.25) is 0 Å². The van der Waals surface area contributed by atoms with Crippen molar-refractivity contribution in [1.29, 1.82) is 0 Å². The zero-order chi connectivity index (χ0) is 12.3. The zero-order valence-corrected chi connectivity index (χ0v) is 8.15. The largest absolute Gasteiger partial charge is 0.506 e. The first-order valence-electron chi connectivity index (χ1n) is 4.37. The van der Waals surface area contributed by atoms with Crippen molar-refractivity contribution in [3.05, 3.63) is 23.0 Å². The van der Waals surface area contributed by atoms with Crippen LogP contribution in [0.2, 0.25) is 0 Å². The van der Waals surface area contributed by atoms with Crippen molar-refractivity contribution in [3.8, 4) is 5.75 Å². The van der Waals surface area contributed by atoms with Crippen molar-refractivity contribution in [2.75, 3.05) is 0 Å². The van der Waals surface area contributed by atoms with E-state index in [4.69, 9.17) is 10.8 Å². The molecule has 0 saturated heterocycles. The molecule has 1 aromatic rings. The number of hydrogen-bond donors (Lipinski definition) is 3. The zero-order valence-electron chi connectivity index (χ0n) is 8.15. The lowest BCUT2D eigenvalue weighted by molar-refractivity contribution is -0.136. The molecule has 0 fully saturated rings. The summed E-state index contributed by atoms with van der Waals surface area (Å²) < 4.78 is 25.0. The van der Waals surface area contributed by atoms with Crippen LogP contribution in [0, 0.1) is 0 Å².